The maximum atomic E-state index is 15.4. The van der Waals surface area contributed by atoms with E-state index >= 15 is 4.39 Å². The van der Waals surface area contributed by atoms with Crippen LogP contribution in [0.2, 0.25) is 0 Å². The van der Waals surface area contributed by atoms with Crippen LogP contribution in [-0.4, -0.2) is 23.2 Å². The fourth-order valence-electron chi connectivity index (χ4n) is 4.09. The Hall–Kier alpha value is -2.97. The van der Waals surface area contributed by atoms with E-state index in [1.54, 1.807) is 16.8 Å². The molecule has 2 aromatic heterocycles. The molecule has 3 aromatic rings. The number of nitrogens with one attached hydrogen (secondary N) is 1. The standard InChI is InChI=1S/C24H24F4N4O2S/c1-23(2,3)13-32-12-14(11-31-35(33,34)15-4-5-15)16-8-19(25)17(9-21(16)32)22-18(24(26,27)28)6-7-30-20(22)10-29/h6-9,12,15,31H,4-5,11,13H2,1-3H3. The highest BCUT2D eigenvalue weighted by molar-refractivity contribution is 7.90. The van der Waals surface area contributed by atoms with Gasteiger partial charge in [-0.3, -0.25) is 0 Å². The van der Waals surface area contributed by atoms with Crippen molar-refractivity contribution >= 4 is 20.9 Å². The van der Waals surface area contributed by atoms with Crippen LogP contribution in [0.3, 0.4) is 0 Å². The lowest BCUT2D eigenvalue weighted by Gasteiger charge is -2.20. The fraction of sp³-hybridized carbons (Fsp3) is 0.417. The minimum atomic E-state index is -4.83. The van der Waals surface area contributed by atoms with Crippen LogP contribution in [0, 0.1) is 22.6 Å². The van der Waals surface area contributed by atoms with E-state index in [0.717, 1.165) is 12.3 Å². The molecule has 0 amide bonds. The van der Waals surface area contributed by atoms with Crippen LogP contribution in [0.4, 0.5) is 17.6 Å². The number of fused-ring (bicyclic) bond motifs is 1. The van der Waals surface area contributed by atoms with Crippen molar-refractivity contribution in [1.29, 1.82) is 5.26 Å². The predicted octanol–water partition coefficient (Wildman–Crippen LogP) is 5.36. The average Bonchev–Trinajstić information content (AvgIpc) is 3.56. The van der Waals surface area contributed by atoms with Gasteiger partial charge in [0, 0.05) is 47.5 Å². The summed E-state index contributed by atoms with van der Waals surface area (Å²) in [5.41, 5.74) is -2.03. The van der Waals surface area contributed by atoms with Crippen LogP contribution in [0.1, 0.15) is 50.4 Å². The Morgan fingerprint density at radius 1 is 1.23 bits per heavy atom. The van der Waals surface area contributed by atoms with Crippen molar-refractivity contribution in [2.45, 2.75) is 58.1 Å². The first-order valence-electron chi connectivity index (χ1n) is 11.0. The first-order chi connectivity index (χ1) is 16.2. The lowest BCUT2D eigenvalue weighted by Crippen LogP contribution is -2.26. The van der Waals surface area contributed by atoms with Crippen LogP contribution < -0.4 is 4.72 Å². The van der Waals surface area contributed by atoms with Gasteiger partial charge < -0.3 is 4.57 Å². The first-order valence-corrected chi connectivity index (χ1v) is 12.5. The van der Waals surface area contributed by atoms with Gasteiger partial charge in [0.05, 0.1) is 10.8 Å². The molecule has 35 heavy (non-hydrogen) atoms. The quantitative estimate of drug-likeness (QED) is 0.454. The second-order valence-corrected chi connectivity index (χ2v) is 12.0. The van der Waals surface area contributed by atoms with E-state index < -0.39 is 49.7 Å². The molecule has 6 nitrogen and oxygen atoms in total. The monoisotopic (exact) mass is 508 g/mol. The number of hydrogen-bond donors (Lipinski definition) is 1. The van der Waals surface area contributed by atoms with Gasteiger partial charge >= 0.3 is 6.18 Å². The Balaban J connectivity index is 1.91. The Labute approximate surface area is 200 Å². The number of halogens is 4. The van der Waals surface area contributed by atoms with Crippen molar-refractivity contribution in [2.24, 2.45) is 5.41 Å². The van der Waals surface area contributed by atoms with Crippen molar-refractivity contribution in [2.75, 3.05) is 0 Å². The van der Waals surface area contributed by atoms with Gasteiger partial charge in [-0.05, 0) is 42.0 Å². The number of nitriles is 1. The number of alkyl halides is 3. The third kappa shape index (κ3) is 5.18. The van der Waals surface area contributed by atoms with E-state index in [1.165, 1.54) is 6.07 Å². The fourth-order valence-corrected chi connectivity index (χ4v) is 5.44. The molecule has 0 atom stereocenters. The maximum Gasteiger partial charge on any atom is 0.417 e. The largest absolute Gasteiger partial charge is 0.417 e. The number of sulfonamides is 1. The molecular weight excluding hydrogens is 484 g/mol. The molecule has 0 saturated heterocycles. The van der Waals surface area contributed by atoms with Crippen LogP contribution >= 0.6 is 0 Å². The molecule has 1 saturated carbocycles. The number of hydrogen-bond acceptors (Lipinski definition) is 4. The van der Waals surface area contributed by atoms with Gasteiger partial charge in [0.1, 0.15) is 17.6 Å². The maximum absolute atomic E-state index is 15.4. The zero-order valence-corrected chi connectivity index (χ0v) is 20.2. The minimum Gasteiger partial charge on any atom is -0.347 e. The van der Waals surface area contributed by atoms with Crippen molar-refractivity contribution in [3.63, 3.8) is 0 Å². The zero-order chi connectivity index (χ0) is 25.8. The summed E-state index contributed by atoms with van der Waals surface area (Å²) in [5, 5.41) is 9.36. The Kier molecular flexibility index (Phi) is 6.18. The smallest absolute Gasteiger partial charge is 0.347 e. The van der Waals surface area contributed by atoms with Gasteiger partial charge in [0.15, 0.2) is 0 Å². The molecule has 0 bridgehead atoms. The summed E-state index contributed by atoms with van der Waals surface area (Å²) in [6.07, 6.45) is -1.09. The molecule has 1 N–H and O–H groups in total. The van der Waals surface area contributed by atoms with Crippen molar-refractivity contribution in [3.05, 3.63) is 53.2 Å². The van der Waals surface area contributed by atoms with Gasteiger partial charge in [-0.2, -0.15) is 18.4 Å². The molecular formula is C24H24F4N4O2S. The van der Waals surface area contributed by atoms with E-state index in [1.807, 2.05) is 20.8 Å². The summed E-state index contributed by atoms with van der Waals surface area (Å²) >= 11 is 0. The van der Waals surface area contributed by atoms with Gasteiger partial charge in [-0.15, -0.1) is 0 Å². The Morgan fingerprint density at radius 2 is 1.91 bits per heavy atom. The zero-order valence-electron chi connectivity index (χ0n) is 19.4. The summed E-state index contributed by atoms with van der Waals surface area (Å²) in [4.78, 5) is 3.72. The van der Waals surface area contributed by atoms with E-state index in [-0.39, 0.29) is 12.0 Å². The molecule has 1 aliphatic carbocycles. The molecule has 1 fully saturated rings. The predicted molar refractivity (Wildman–Crippen MR) is 123 cm³/mol. The SMILES string of the molecule is CC(C)(C)Cn1cc(CNS(=O)(=O)C2CC2)c2cc(F)c(-c3c(C(F)(F)F)ccnc3C#N)cc21. The third-order valence-electron chi connectivity index (χ3n) is 5.76. The molecule has 0 radical (unpaired) electrons. The van der Waals surface area contributed by atoms with Gasteiger partial charge in [-0.1, -0.05) is 20.8 Å². The van der Waals surface area contributed by atoms with E-state index in [9.17, 15) is 26.9 Å². The number of benzene rings is 1. The number of aromatic nitrogens is 2. The highest BCUT2D eigenvalue weighted by atomic mass is 32.2. The summed E-state index contributed by atoms with van der Waals surface area (Å²) in [6.45, 7) is 6.27. The van der Waals surface area contributed by atoms with E-state index in [4.69, 9.17) is 0 Å². The second kappa shape index (κ2) is 8.60. The van der Waals surface area contributed by atoms with Crippen molar-refractivity contribution in [1.82, 2.24) is 14.3 Å². The minimum absolute atomic E-state index is 0.0740. The van der Waals surface area contributed by atoms with E-state index in [0.29, 0.717) is 41.9 Å². The summed E-state index contributed by atoms with van der Waals surface area (Å²) in [6, 6.07) is 4.72. The Morgan fingerprint density at radius 3 is 2.49 bits per heavy atom. The molecule has 0 unspecified atom stereocenters. The molecule has 4 rings (SSSR count). The van der Waals surface area contributed by atoms with Crippen LogP contribution in [0.15, 0.2) is 30.6 Å². The van der Waals surface area contributed by atoms with Gasteiger partial charge in [0.2, 0.25) is 10.0 Å². The molecule has 186 valence electrons. The molecule has 11 heteroatoms. The molecule has 0 spiro atoms. The Bertz CT molecular complexity index is 1440. The topological polar surface area (TPSA) is 87.8 Å². The highest BCUT2D eigenvalue weighted by Gasteiger charge is 2.37. The van der Waals surface area contributed by atoms with Gasteiger partial charge in [-0.25, -0.2) is 22.5 Å². The first kappa shape index (κ1) is 25.1. The third-order valence-corrected chi connectivity index (χ3v) is 7.65. The van der Waals surface area contributed by atoms with E-state index in [2.05, 4.69) is 9.71 Å². The van der Waals surface area contributed by atoms with Crippen molar-refractivity contribution < 1.29 is 26.0 Å². The molecule has 0 aliphatic heterocycles. The molecule has 1 aromatic carbocycles. The summed E-state index contributed by atoms with van der Waals surface area (Å²) < 4.78 is 85.6. The van der Waals surface area contributed by atoms with Gasteiger partial charge in [0.25, 0.3) is 0 Å². The molecule has 2 heterocycles. The van der Waals surface area contributed by atoms with Crippen molar-refractivity contribution in [3.8, 4) is 17.2 Å². The van der Waals surface area contributed by atoms with Crippen LogP contribution in [0.25, 0.3) is 22.0 Å². The van der Waals surface area contributed by atoms with Crippen LogP contribution in [-0.2, 0) is 29.3 Å². The normalized spacial score (nSPS) is 14.9. The lowest BCUT2D eigenvalue weighted by atomic mass is 9.95. The second-order valence-electron chi connectivity index (χ2n) is 9.95. The molecule has 1 aliphatic rings. The summed E-state index contributed by atoms with van der Waals surface area (Å²) in [5.74, 6) is -0.965. The number of pyridine rings is 1. The highest BCUT2D eigenvalue weighted by Crippen LogP contribution is 2.41. The summed E-state index contributed by atoms with van der Waals surface area (Å²) in [7, 11) is -3.49. The number of nitrogens with zero attached hydrogens (tertiary/aromatic N) is 3. The number of rotatable bonds is 6. The average molecular weight is 509 g/mol. The lowest BCUT2D eigenvalue weighted by molar-refractivity contribution is -0.137. The van der Waals surface area contributed by atoms with Crippen LogP contribution in [0.5, 0.6) is 0 Å².